The Balaban J connectivity index is 1.63. The van der Waals surface area contributed by atoms with Crippen molar-refractivity contribution in [1.29, 1.82) is 5.26 Å². The average Bonchev–Trinajstić information content (AvgIpc) is 2.78. The molecule has 4 rings (SSSR count). The van der Waals surface area contributed by atoms with Gasteiger partial charge in [0.1, 0.15) is 21.0 Å². The van der Waals surface area contributed by atoms with Crippen LogP contribution in [-0.4, -0.2) is 16.2 Å². The molecule has 1 aliphatic rings. The Morgan fingerprint density at radius 3 is 2.38 bits per heavy atom. The van der Waals surface area contributed by atoms with E-state index in [0.717, 1.165) is 39.9 Å². The van der Waals surface area contributed by atoms with Gasteiger partial charge in [0.2, 0.25) is 0 Å². The summed E-state index contributed by atoms with van der Waals surface area (Å²) in [7, 11) is 0. The lowest BCUT2D eigenvalue weighted by Crippen LogP contribution is -2.00. The smallest absolute Gasteiger partial charge is 0.189 e. The van der Waals surface area contributed by atoms with Gasteiger partial charge < -0.3 is 0 Å². The Morgan fingerprint density at radius 2 is 1.69 bits per heavy atom. The zero-order chi connectivity index (χ0) is 20.1. The lowest BCUT2D eigenvalue weighted by molar-refractivity contribution is 0.765. The first-order chi connectivity index (χ1) is 14.3. The minimum absolute atomic E-state index is 0.721. The highest BCUT2D eigenvalue weighted by molar-refractivity contribution is 8.24. The second-order valence-electron chi connectivity index (χ2n) is 5.77. The molecule has 0 N–H and O–H groups in total. The molecule has 1 aliphatic heterocycles. The predicted octanol–water partition coefficient (Wildman–Crippen LogP) is 7.17. The first kappa shape index (κ1) is 20.8. The average molecular weight is 470 g/mol. The molecular weight excluding hydrogens is 455 g/mol. The fourth-order valence-corrected chi connectivity index (χ4v) is 7.46. The second kappa shape index (κ2) is 10.0. The highest BCUT2D eigenvalue weighted by Gasteiger charge is 2.26. The Morgan fingerprint density at radius 1 is 0.966 bits per heavy atom. The molecule has 3 nitrogen and oxygen atoms in total. The first-order valence-electron chi connectivity index (χ1n) is 8.62. The molecule has 2 aromatic carbocycles. The molecule has 29 heavy (non-hydrogen) atoms. The molecule has 2 heterocycles. The van der Waals surface area contributed by atoms with E-state index in [2.05, 4.69) is 30.3 Å². The zero-order valence-corrected chi connectivity index (χ0v) is 19.4. The molecule has 0 unspecified atom stereocenters. The van der Waals surface area contributed by atoms with Crippen LogP contribution >= 0.6 is 58.8 Å². The third-order valence-electron chi connectivity index (χ3n) is 3.82. The van der Waals surface area contributed by atoms with Crippen molar-refractivity contribution in [3.8, 4) is 6.07 Å². The molecule has 0 aliphatic carbocycles. The molecule has 0 atom stereocenters. The lowest BCUT2D eigenvalue weighted by Gasteiger charge is -2.19. The number of nitrogens with zero attached hydrogens (tertiary/aromatic N) is 3. The molecular formula is C21H15N3S5. The largest absolute Gasteiger partial charge is 0.214 e. The molecule has 1 aromatic heterocycles. The maximum Gasteiger partial charge on any atom is 0.189 e. The van der Waals surface area contributed by atoms with Crippen molar-refractivity contribution in [3.63, 3.8) is 0 Å². The van der Waals surface area contributed by atoms with Gasteiger partial charge in [-0.1, -0.05) is 95.6 Å². The van der Waals surface area contributed by atoms with Gasteiger partial charge in [-0.25, -0.2) is 9.97 Å². The number of hydrogen-bond acceptors (Lipinski definition) is 8. The summed E-state index contributed by atoms with van der Waals surface area (Å²) in [5.74, 6) is 0.830. The Labute approximate surface area is 191 Å². The van der Waals surface area contributed by atoms with Crippen LogP contribution in [0.2, 0.25) is 0 Å². The first-order valence-corrected chi connectivity index (χ1v) is 13.3. The normalized spacial score (nSPS) is 13.1. The number of hydrogen-bond donors (Lipinski definition) is 0. The van der Waals surface area contributed by atoms with Crippen molar-refractivity contribution in [3.05, 3.63) is 75.4 Å². The van der Waals surface area contributed by atoms with Crippen LogP contribution in [0.5, 0.6) is 0 Å². The summed E-state index contributed by atoms with van der Waals surface area (Å²) in [6.45, 7) is 0. The van der Waals surface area contributed by atoms with Gasteiger partial charge in [0.15, 0.2) is 5.16 Å². The van der Waals surface area contributed by atoms with Crippen LogP contribution in [0.1, 0.15) is 5.56 Å². The van der Waals surface area contributed by atoms with Gasteiger partial charge in [-0.2, -0.15) is 5.26 Å². The summed E-state index contributed by atoms with van der Waals surface area (Å²) < 4.78 is 1.01. The lowest BCUT2D eigenvalue weighted by atomic mass is 10.2. The number of fused-ring (bicyclic) bond motifs is 1. The van der Waals surface area contributed by atoms with Crippen molar-refractivity contribution < 1.29 is 0 Å². The number of rotatable bonds is 6. The van der Waals surface area contributed by atoms with Crippen molar-refractivity contribution in [1.82, 2.24) is 9.97 Å². The van der Waals surface area contributed by atoms with E-state index >= 15 is 0 Å². The zero-order valence-electron chi connectivity index (χ0n) is 15.4. The van der Waals surface area contributed by atoms with Crippen molar-refractivity contribution in [2.75, 3.05) is 6.26 Å². The summed E-state index contributed by atoms with van der Waals surface area (Å²) in [5.41, 5.74) is 1.24. The van der Waals surface area contributed by atoms with Gasteiger partial charge in [0, 0.05) is 10.6 Å². The van der Waals surface area contributed by atoms with Crippen LogP contribution in [0, 0.1) is 11.3 Å². The van der Waals surface area contributed by atoms with E-state index in [1.54, 1.807) is 35.3 Å². The van der Waals surface area contributed by atoms with Gasteiger partial charge in [0.05, 0.1) is 9.13 Å². The quantitative estimate of drug-likeness (QED) is 0.214. The van der Waals surface area contributed by atoms with E-state index in [-0.39, 0.29) is 0 Å². The number of thioether (sulfide) groups is 4. The van der Waals surface area contributed by atoms with Crippen LogP contribution < -0.4 is 0 Å². The summed E-state index contributed by atoms with van der Waals surface area (Å²) >= 11 is 7.92. The van der Waals surface area contributed by atoms with Crippen molar-refractivity contribution in [2.24, 2.45) is 0 Å². The molecule has 0 bridgehead atoms. The number of allylic oxidation sites excluding steroid dienone is 1. The van der Waals surface area contributed by atoms with Gasteiger partial charge in [0.25, 0.3) is 0 Å². The van der Waals surface area contributed by atoms with Crippen LogP contribution in [0.25, 0.3) is 0 Å². The fourth-order valence-electron chi connectivity index (χ4n) is 2.47. The number of nitriles is 1. The molecule has 0 radical (unpaired) electrons. The van der Waals surface area contributed by atoms with E-state index in [0.29, 0.717) is 0 Å². The Kier molecular flexibility index (Phi) is 7.16. The van der Waals surface area contributed by atoms with E-state index < -0.39 is 0 Å². The highest BCUT2D eigenvalue weighted by Crippen LogP contribution is 2.53. The summed E-state index contributed by atoms with van der Waals surface area (Å²) in [6, 6.07) is 22.9. The minimum atomic E-state index is 0.721. The van der Waals surface area contributed by atoms with Gasteiger partial charge in [-0.15, -0.1) is 11.8 Å². The maximum atomic E-state index is 9.76. The Bertz CT molecular complexity index is 1080. The Hall–Kier alpha value is -1.50. The van der Waals surface area contributed by atoms with Gasteiger partial charge in [-0.05, 0) is 24.0 Å². The standard InChI is InChI=1S/C21H15N3S5/c1-25-21-23-18(27-15-10-6-3-7-11-15)17-19(24-21)29-20(16(12-22)28-17)26-13-14-8-4-2-5-9-14/h2-11H,13H2,1H3. The van der Waals surface area contributed by atoms with Crippen LogP contribution in [0.3, 0.4) is 0 Å². The van der Waals surface area contributed by atoms with Gasteiger partial charge in [-0.3, -0.25) is 0 Å². The monoisotopic (exact) mass is 469 g/mol. The third-order valence-corrected chi connectivity index (χ3v) is 9.39. The van der Waals surface area contributed by atoms with Crippen LogP contribution in [0.4, 0.5) is 0 Å². The molecule has 8 heteroatoms. The predicted molar refractivity (Wildman–Crippen MR) is 126 cm³/mol. The topological polar surface area (TPSA) is 49.6 Å². The maximum absolute atomic E-state index is 9.76. The molecule has 0 fully saturated rings. The van der Waals surface area contributed by atoms with Crippen LogP contribution in [0.15, 0.2) is 94.8 Å². The summed E-state index contributed by atoms with van der Waals surface area (Å²) in [5, 5.41) is 12.3. The summed E-state index contributed by atoms with van der Waals surface area (Å²) in [4.78, 5) is 12.3. The number of aromatic nitrogens is 2. The third kappa shape index (κ3) is 5.16. The van der Waals surface area contributed by atoms with E-state index in [1.165, 1.54) is 29.1 Å². The van der Waals surface area contributed by atoms with E-state index in [1.807, 2.05) is 42.7 Å². The number of benzene rings is 2. The molecule has 0 amide bonds. The second-order valence-corrected chi connectivity index (χ2v) is 10.9. The highest BCUT2D eigenvalue weighted by atomic mass is 32.2. The van der Waals surface area contributed by atoms with Crippen LogP contribution in [-0.2, 0) is 5.75 Å². The van der Waals surface area contributed by atoms with E-state index in [9.17, 15) is 5.26 Å². The van der Waals surface area contributed by atoms with Crippen molar-refractivity contribution >= 4 is 58.8 Å². The summed E-state index contributed by atoms with van der Waals surface area (Å²) in [6.07, 6.45) is 1.99. The SMILES string of the molecule is CSc1nc2c(c(Sc3ccccc3)n1)SC(C#N)=C(SCc1ccccc1)S2. The van der Waals surface area contributed by atoms with Gasteiger partial charge >= 0.3 is 0 Å². The molecule has 0 saturated heterocycles. The molecule has 0 spiro atoms. The molecule has 0 saturated carbocycles. The minimum Gasteiger partial charge on any atom is -0.214 e. The van der Waals surface area contributed by atoms with E-state index in [4.69, 9.17) is 9.97 Å². The molecule has 144 valence electrons. The fraction of sp³-hybridized carbons (Fsp3) is 0.0952. The van der Waals surface area contributed by atoms with Crippen molar-refractivity contribution in [2.45, 2.75) is 30.8 Å². The molecule has 3 aromatic rings.